The van der Waals surface area contributed by atoms with Crippen LogP contribution in [0.2, 0.25) is 0 Å². The normalized spacial score (nSPS) is 10.4. The van der Waals surface area contributed by atoms with Crippen LogP contribution < -0.4 is 5.32 Å². The lowest BCUT2D eigenvalue weighted by atomic mass is 10.2. The van der Waals surface area contributed by atoms with Crippen molar-refractivity contribution in [3.05, 3.63) is 50.8 Å². The van der Waals surface area contributed by atoms with E-state index in [1.807, 2.05) is 13.0 Å². The molecule has 17 heavy (non-hydrogen) atoms. The lowest BCUT2D eigenvalue weighted by Crippen LogP contribution is -1.97. The first kappa shape index (κ1) is 12.5. The molecule has 0 saturated heterocycles. The molecule has 5 heteroatoms. The fraction of sp³-hybridized carbons (Fsp3) is 0.0833. The van der Waals surface area contributed by atoms with Crippen molar-refractivity contribution in [3.8, 4) is 0 Å². The maximum atomic E-state index is 13.1. The number of nitrogens with zero attached hydrogens (tertiary/aromatic N) is 1. The van der Waals surface area contributed by atoms with Gasteiger partial charge < -0.3 is 5.32 Å². The van der Waals surface area contributed by atoms with E-state index in [1.165, 1.54) is 12.1 Å². The van der Waals surface area contributed by atoms with Gasteiger partial charge in [0, 0.05) is 10.7 Å². The maximum Gasteiger partial charge on any atom is 0.144 e. The van der Waals surface area contributed by atoms with E-state index in [1.54, 1.807) is 12.3 Å². The summed E-state index contributed by atoms with van der Waals surface area (Å²) in [4.78, 5) is 4.20. The van der Waals surface area contributed by atoms with Crippen molar-refractivity contribution in [1.29, 1.82) is 0 Å². The van der Waals surface area contributed by atoms with Gasteiger partial charge in [-0.2, -0.15) is 0 Å². The van der Waals surface area contributed by atoms with Gasteiger partial charge in [0.25, 0.3) is 0 Å². The lowest BCUT2D eigenvalue weighted by Gasteiger charge is -2.10. The van der Waals surface area contributed by atoms with E-state index in [-0.39, 0.29) is 5.82 Å². The molecule has 2 rings (SSSR count). The topological polar surface area (TPSA) is 24.9 Å². The third-order valence-electron chi connectivity index (χ3n) is 2.26. The van der Waals surface area contributed by atoms with Crippen LogP contribution in [0.4, 0.5) is 15.9 Å². The second-order valence-corrected chi connectivity index (χ2v) is 5.19. The summed E-state index contributed by atoms with van der Waals surface area (Å²) in [6.45, 7) is 1.97. The molecule has 0 spiro atoms. The third-order valence-corrected chi connectivity index (χ3v) is 3.96. The molecule has 0 bridgehead atoms. The highest BCUT2D eigenvalue weighted by Gasteiger charge is 2.07. The molecule has 0 aliphatic heterocycles. The Bertz CT molecular complexity index is 558. The first-order valence-corrected chi connectivity index (χ1v) is 6.49. The minimum absolute atomic E-state index is 0.292. The number of rotatable bonds is 2. The van der Waals surface area contributed by atoms with E-state index in [0.29, 0.717) is 11.5 Å². The number of benzene rings is 1. The SMILES string of the molecule is Cc1ccnc(Nc2cc(F)ccc2Br)c1Br. The Balaban J connectivity index is 2.38. The summed E-state index contributed by atoms with van der Waals surface area (Å²) in [6, 6.07) is 6.37. The van der Waals surface area contributed by atoms with Crippen LogP contribution in [0, 0.1) is 12.7 Å². The zero-order valence-electron chi connectivity index (χ0n) is 8.97. The predicted molar refractivity (Wildman–Crippen MR) is 74.1 cm³/mol. The Labute approximate surface area is 116 Å². The zero-order chi connectivity index (χ0) is 12.4. The Hall–Kier alpha value is -0.940. The van der Waals surface area contributed by atoms with Gasteiger partial charge in [0.1, 0.15) is 11.6 Å². The molecule has 1 aromatic carbocycles. The van der Waals surface area contributed by atoms with Crippen LogP contribution in [0.1, 0.15) is 5.56 Å². The van der Waals surface area contributed by atoms with Gasteiger partial charge in [-0.05, 0) is 68.6 Å². The molecule has 0 amide bonds. The van der Waals surface area contributed by atoms with Gasteiger partial charge in [-0.15, -0.1) is 0 Å². The average molecular weight is 360 g/mol. The highest BCUT2D eigenvalue weighted by atomic mass is 79.9. The van der Waals surface area contributed by atoms with E-state index >= 15 is 0 Å². The van der Waals surface area contributed by atoms with Crippen molar-refractivity contribution < 1.29 is 4.39 Å². The first-order chi connectivity index (χ1) is 8.08. The van der Waals surface area contributed by atoms with Gasteiger partial charge in [-0.3, -0.25) is 0 Å². The largest absolute Gasteiger partial charge is 0.338 e. The van der Waals surface area contributed by atoms with Crippen molar-refractivity contribution in [2.24, 2.45) is 0 Å². The van der Waals surface area contributed by atoms with E-state index < -0.39 is 0 Å². The van der Waals surface area contributed by atoms with Crippen LogP contribution in [-0.2, 0) is 0 Å². The number of hydrogen-bond donors (Lipinski definition) is 1. The van der Waals surface area contributed by atoms with Crippen LogP contribution in [0.25, 0.3) is 0 Å². The Morgan fingerprint density at radius 2 is 2.00 bits per heavy atom. The van der Waals surface area contributed by atoms with Crippen molar-refractivity contribution >= 4 is 43.4 Å². The summed E-state index contributed by atoms with van der Waals surface area (Å²) in [7, 11) is 0. The van der Waals surface area contributed by atoms with Crippen molar-refractivity contribution in [3.63, 3.8) is 0 Å². The highest BCUT2D eigenvalue weighted by Crippen LogP contribution is 2.30. The molecule has 1 N–H and O–H groups in total. The van der Waals surface area contributed by atoms with Crippen LogP contribution >= 0.6 is 31.9 Å². The van der Waals surface area contributed by atoms with E-state index in [0.717, 1.165) is 14.5 Å². The third kappa shape index (κ3) is 2.84. The summed E-state index contributed by atoms with van der Waals surface area (Å²) in [6.07, 6.45) is 1.70. The average Bonchev–Trinajstić information content (AvgIpc) is 2.30. The first-order valence-electron chi connectivity index (χ1n) is 4.91. The van der Waals surface area contributed by atoms with Gasteiger partial charge in [-0.25, -0.2) is 9.37 Å². The molecule has 2 aromatic rings. The standard InChI is InChI=1S/C12H9Br2FN2/c1-7-4-5-16-12(11(7)14)17-10-6-8(15)2-3-9(10)13/h2-6H,1H3,(H,16,17). The Morgan fingerprint density at radius 1 is 1.24 bits per heavy atom. The number of nitrogens with one attached hydrogen (secondary N) is 1. The molecule has 1 aromatic heterocycles. The van der Waals surface area contributed by atoms with Crippen LogP contribution in [0.15, 0.2) is 39.4 Å². The monoisotopic (exact) mass is 358 g/mol. The summed E-state index contributed by atoms with van der Waals surface area (Å²) in [5.41, 5.74) is 1.71. The maximum absolute atomic E-state index is 13.1. The zero-order valence-corrected chi connectivity index (χ0v) is 12.1. The van der Waals surface area contributed by atoms with E-state index in [9.17, 15) is 4.39 Å². The molecule has 0 saturated carbocycles. The molecule has 88 valence electrons. The summed E-state index contributed by atoms with van der Waals surface area (Å²) in [5, 5.41) is 3.08. The fourth-order valence-corrected chi connectivity index (χ4v) is 2.03. The second-order valence-electron chi connectivity index (χ2n) is 3.54. The molecule has 0 unspecified atom stereocenters. The number of anilines is 2. The quantitative estimate of drug-likeness (QED) is 0.833. The summed E-state index contributed by atoms with van der Waals surface area (Å²) in [5.74, 6) is 0.371. The van der Waals surface area contributed by atoms with Crippen LogP contribution in [0.3, 0.4) is 0 Å². The molecule has 1 heterocycles. The van der Waals surface area contributed by atoms with Crippen molar-refractivity contribution in [2.75, 3.05) is 5.32 Å². The molecule has 0 fully saturated rings. The molecule has 0 aliphatic carbocycles. The smallest absolute Gasteiger partial charge is 0.144 e. The fourth-order valence-electron chi connectivity index (χ4n) is 1.35. The minimum Gasteiger partial charge on any atom is -0.338 e. The number of aryl methyl sites for hydroxylation is 1. The predicted octanol–water partition coefficient (Wildman–Crippen LogP) is 4.80. The van der Waals surface area contributed by atoms with Gasteiger partial charge in [-0.1, -0.05) is 0 Å². The minimum atomic E-state index is -0.292. The van der Waals surface area contributed by atoms with Crippen molar-refractivity contribution in [2.45, 2.75) is 6.92 Å². The molecule has 0 aliphatic rings. The van der Waals surface area contributed by atoms with Gasteiger partial charge >= 0.3 is 0 Å². The molecular formula is C12H9Br2FN2. The molecule has 0 radical (unpaired) electrons. The number of pyridine rings is 1. The summed E-state index contributed by atoms with van der Waals surface area (Å²) < 4.78 is 14.8. The van der Waals surface area contributed by atoms with E-state index in [2.05, 4.69) is 42.2 Å². The Morgan fingerprint density at radius 3 is 2.76 bits per heavy atom. The number of halogens is 3. The Kier molecular flexibility index (Phi) is 3.79. The lowest BCUT2D eigenvalue weighted by molar-refractivity contribution is 0.628. The van der Waals surface area contributed by atoms with Crippen LogP contribution in [0.5, 0.6) is 0 Å². The van der Waals surface area contributed by atoms with Gasteiger partial charge in [0.05, 0.1) is 10.2 Å². The molecule has 2 nitrogen and oxygen atoms in total. The van der Waals surface area contributed by atoms with Gasteiger partial charge in [0.2, 0.25) is 0 Å². The van der Waals surface area contributed by atoms with E-state index in [4.69, 9.17) is 0 Å². The molecular weight excluding hydrogens is 351 g/mol. The van der Waals surface area contributed by atoms with Gasteiger partial charge in [0.15, 0.2) is 0 Å². The summed E-state index contributed by atoms with van der Waals surface area (Å²) >= 11 is 6.81. The molecule has 0 atom stereocenters. The number of aromatic nitrogens is 1. The van der Waals surface area contributed by atoms with Crippen LogP contribution in [-0.4, -0.2) is 4.98 Å². The number of hydrogen-bond acceptors (Lipinski definition) is 2. The highest BCUT2D eigenvalue weighted by molar-refractivity contribution is 9.11. The van der Waals surface area contributed by atoms with Crippen molar-refractivity contribution in [1.82, 2.24) is 4.98 Å². The second kappa shape index (κ2) is 5.14.